The summed E-state index contributed by atoms with van der Waals surface area (Å²) in [7, 11) is 0.807. The molecule has 0 saturated heterocycles. The molecule has 116 valence electrons. The summed E-state index contributed by atoms with van der Waals surface area (Å²) in [6.07, 6.45) is 2.14. The molecule has 0 aliphatic rings. The summed E-state index contributed by atoms with van der Waals surface area (Å²) in [6.45, 7) is 2.33. The molecule has 0 unspecified atom stereocenters. The third kappa shape index (κ3) is 6.71. The highest BCUT2D eigenvalue weighted by Gasteiger charge is 2.13. The highest BCUT2D eigenvalue weighted by molar-refractivity contribution is 7.91. The van der Waals surface area contributed by atoms with E-state index >= 15 is 0 Å². The second-order valence-electron chi connectivity index (χ2n) is 5.22. The van der Waals surface area contributed by atoms with E-state index in [0.717, 1.165) is 25.9 Å². The molecule has 1 N–H and O–H groups in total. The number of sulfone groups is 1. The molecule has 1 aromatic rings. The number of nitrogens with zero attached hydrogens (tertiary/aromatic N) is 2. The van der Waals surface area contributed by atoms with Crippen molar-refractivity contribution in [1.29, 1.82) is 5.26 Å². The zero-order valence-electron chi connectivity index (χ0n) is 12.7. The Kier molecular flexibility index (Phi) is 7.37. The molecule has 0 aromatic heterocycles. The molecule has 0 bridgehead atoms. The Morgan fingerprint density at radius 2 is 1.81 bits per heavy atom. The van der Waals surface area contributed by atoms with E-state index in [2.05, 4.69) is 10.2 Å². The van der Waals surface area contributed by atoms with Gasteiger partial charge in [-0.05, 0) is 64.3 Å². The van der Waals surface area contributed by atoms with Gasteiger partial charge in [0.25, 0.3) is 0 Å². The predicted molar refractivity (Wildman–Crippen MR) is 83.9 cm³/mol. The van der Waals surface area contributed by atoms with Crippen LogP contribution in [0, 0.1) is 11.3 Å². The molecule has 0 atom stereocenters. The number of nitrogens with one attached hydrogen (secondary N) is 1. The van der Waals surface area contributed by atoms with Gasteiger partial charge in [0.15, 0.2) is 9.84 Å². The molecule has 5 nitrogen and oxygen atoms in total. The molecule has 1 aromatic carbocycles. The van der Waals surface area contributed by atoms with E-state index in [-0.39, 0.29) is 10.6 Å². The molecule has 0 amide bonds. The van der Waals surface area contributed by atoms with Gasteiger partial charge in [0.05, 0.1) is 22.3 Å². The van der Waals surface area contributed by atoms with Crippen LogP contribution in [0.15, 0.2) is 29.2 Å². The van der Waals surface area contributed by atoms with Gasteiger partial charge in [-0.15, -0.1) is 0 Å². The highest BCUT2D eigenvalue weighted by atomic mass is 32.2. The van der Waals surface area contributed by atoms with Gasteiger partial charge < -0.3 is 10.2 Å². The Labute approximate surface area is 127 Å². The summed E-state index contributed by atoms with van der Waals surface area (Å²) in [5.41, 5.74) is 0.466. The fourth-order valence-electron chi connectivity index (χ4n) is 1.86. The Balaban J connectivity index is 2.31. The Morgan fingerprint density at radius 3 is 2.38 bits per heavy atom. The van der Waals surface area contributed by atoms with Crippen LogP contribution < -0.4 is 5.32 Å². The first-order chi connectivity index (χ1) is 9.95. The van der Waals surface area contributed by atoms with E-state index in [1.165, 1.54) is 24.3 Å². The van der Waals surface area contributed by atoms with Crippen LogP contribution in [0.1, 0.15) is 18.4 Å². The van der Waals surface area contributed by atoms with Gasteiger partial charge in [-0.1, -0.05) is 0 Å². The van der Waals surface area contributed by atoms with E-state index in [9.17, 15) is 8.42 Å². The Morgan fingerprint density at radius 1 is 1.14 bits per heavy atom. The summed E-state index contributed by atoms with van der Waals surface area (Å²) in [4.78, 5) is 2.41. The van der Waals surface area contributed by atoms with E-state index in [4.69, 9.17) is 5.26 Å². The van der Waals surface area contributed by atoms with Crippen LogP contribution in [-0.2, 0) is 9.84 Å². The van der Waals surface area contributed by atoms with Crippen molar-refractivity contribution in [2.45, 2.75) is 17.7 Å². The molecule has 6 heteroatoms. The lowest BCUT2D eigenvalue weighted by Gasteiger charge is -2.09. The van der Waals surface area contributed by atoms with E-state index in [0.29, 0.717) is 12.1 Å². The van der Waals surface area contributed by atoms with E-state index < -0.39 is 9.84 Å². The highest BCUT2D eigenvalue weighted by Crippen LogP contribution is 2.11. The summed E-state index contributed by atoms with van der Waals surface area (Å²) in [5, 5.41) is 11.9. The molecule has 0 spiro atoms. The third-order valence-corrected chi connectivity index (χ3v) is 4.83. The first-order valence-corrected chi connectivity index (χ1v) is 8.69. The van der Waals surface area contributed by atoms with Crippen molar-refractivity contribution in [1.82, 2.24) is 10.2 Å². The Hall–Kier alpha value is -1.42. The van der Waals surface area contributed by atoms with Gasteiger partial charge in [0.2, 0.25) is 0 Å². The van der Waals surface area contributed by atoms with Crippen LogP contribution in [0.2, 0.25) is 0 Å². The number of nitriles is 1. The molecule has 0 saturated carbocycles. The maximum absolute atomic E-state index is 12.1. The fraction of sp³-hybridized carbons (Fsp3) is 0.533. The van der Waals surface area contributed by atoms with Crippen LogP contribution in [0.3, 0.4) is 0 Å². The second kappa shape index (κ2) is 8.78. The lowest BCUT2D eigenvalue weighted by Crippen LogP contribution is -2.24. The lowest BCUT2D eigenvalue weighted by molar-refractivity contribution is 0.392. The summed E-state index contributed by atoms with van der Waals surface area (Å²) in [6, 6.07) is 8.02. The third-order valence-electron chi connectivity index (χ3n) is 3.10. The van der Waals surface area contributed by atoms with Gasteiger partial charge in [-0.3, -0.25) is 0 Å². The smallest absolute Gasteiger partial charge is 0.179 e. The number of unbranched alkanes of at least 4 members (excludes halogenated alkanes) is 1. The minimum absolute atomic E-state index is 0.0760. The van der Waals surface area contributed by atoms with Crippen LogP contribution in [-0.4, -0.2) is 52.8 Å². The minimum Gasteiger partial charge on any atom is -0.316 e. The van der Waals surface area contributed by atoms with Crippen molar-refractivity contribution in [3.63, 3.8) is 0 Å². The molecule has 0 fully saturated rings. The van der Waals surface area contributed by atoms with Crippen molar-refractivity contribution in [2.75, 3.05) is 39.5 Å². The van der Waals surface area contributed by atoms with Crippen LogP contribution >= 0.6 is 0 Å². The van der Waals surface area contributed by atoms with Crippen LogP contribution in [0.4, 0.5) is 0 Å². The number of rotatable bonds is 9. The molecule has 0 aliphatic heterocycles. The van der Waals surface area contributed by atoms with Gasteiger partial charge in [-0.2, -0.15) is 5.26 Å². The molecule has 0 aliphatic carbocycles. The van der Waals surface area contributed by atoms with Crippen LogP contribution in [0.5, 0.6) is 0 Å². The monoisotopic (exact) mass is 309 g/mol. The molecular weight excluding hydrogens is 286 g/mol. The molecular formula is C15H23N3O2S. The van der Waals surface area contributed by atoms with Crippen molar-refractivity contribution < 1.29 is 8.42 Å². The van der Waals surface area contributed by atoms with Gasteiger partial charge in [-0.25, -0.2) is 8.42 Å². The fourth-order valence-corrected chi connectivity index (χ4v) is 3.06. The molecule has 0 radical (unpaired) electrons. The lowest BCUT2D eigenvalue weighted by atomic mass is 10.2. The largest absolute Gasteiger partial charge is 0.316 e. The second-order valence-corrected chi connectivity index (χ2v) is 7.32. The van der Waals surface area contributed by atoms with E-state index in [1.54, 1.807) is 0 Å². The Bertz CT molecular complexity index is 560. The van der Waals surface area contributed by atoms with Crippen molar-refractivity contribution >= 4 is 9.84 Å². The molecule has 1 rings (SSSR count). The predicted octanol–water partition coefficient (Wildman–Crippen LogP) is 1.26. The number of hydrogen-bond donors (Lipinski definition) is 1. The zero-order chi connectivity index (χ0) is 15.7. The number of benzene rings is 1. The van der Waals surface area contributed by atoms with Crippen LogP contribution in [0.25, 0.3) is 0 Å². The van der Waals surface area contributed by atoms with Crippen molar-refractivity contribution in [3.05, 3.63) is 29.8 Å². The summed E-state index contributed by atoms with van der Waals surface area (Å²) >= 11 is 0. The van der Waals surface area contributed by atoms with E-state index in [1.807, 2.05) is 20.2 Å². The first kappa shape index (κ1) is 17.6. The standard InChI is InChI=1S/C15H23N3O2S/c1-18(2)11-4-3-9-17-10-12-21(19,20)15-7-5-14(13-16)6-8-15/h5-8,17H,3-4,9-12H2,1-2H3. The summed E-state index contributed by atoms with van der Waals surface area (Å²) in [5.74, 6) is 0.0760. The average molecular weight is 309 g/mol. The normalized spacial score (nSPS) is 11.5. The zero-order valence-corrected chi connectivity index (χ0v) is 13.5. The summed E-state index contributed by atoms with van der Waals surface area (Å²) < 4.78 is 24.2. The maximum atomic E-state index is 12.1. The van der Waals surface area contributed by atoms with Crippen molar-refractivity contribution in [3.8, 4) is 6.07 Å². The molecule has 0 heterocycles. The SMILES string of the molecule is CN(C)CCCCNCCS(=O)(=O)c1ccc(C#N)cc1. The maximum Gasteiger partial charge on any atom is 0.179 e. The minimum atomic E-state index is -3.27. The van der Waals surface area contributed by atoms with Gasteiger partial charge in [0, 0.05) is 6.54 Å². The molecule has 21 heavy (non-hydrogen) atoms. The van der Waals surface area contributed by atoms with Gasteiger partial charge in [0.1, 0.15) is 0 Å². The first-order valence-electron chi connectivity index (χ1n) is 7.04. The average Bonchev–Trinajstić information content (AvgIpc) is 2.46. The topological polar surface area (TPSA) is 73.2 Å². The quantitative estimate of drug-likeness (QED) is 0.695. The van der Waals surface area contributed by atoms with Crippen molar-refractivity contribution in [2.24, 2.45) is 0 Å². The number of hydrogen-bond acceptors (Lipinski definition) is 5. The van der Waals surface area contributed by atoms with Gasteiger partial charge >= 0.3 is 0 Å².